The minimum absolute atomic E-state index is 0.931. The topological polar surface area (TPSA) is 29.9 Å². The predicted octanol–water partition coefficient (Wildman–Crippen LogP) is 1.75. The van der Waals surface area contributed by atoms with Gasteiger partial charge in [-0.25, -0.2) is 0 Å². The van der Waals surface area contributed by atoms with Gasteiger partial charge in [-0.15, -0.1) is 0 Å². The Morgan fingerprint density at radius 1 is 1.57 bits per heavy atom. The van der Waals surface area contributed by atoms with E-state index in [9.17, 15) is 0 Å². The molecule has 3 nitrogen and oxygen atoms in total. The van der Waals surface area contributed by atoms with Crippen molar-refractivity contribution in [1.29, 1.82) is 0 Å². The van der Waals surface area contributed by atoms with Crippen molar-refractivity contribution in [2.45, 2.75) is 26.4 Å². The first-order valence-corrected chi connectivity index (χ1v) is 6.48. The number of thioether (sulfide) groups is 1. The third-order valence-electron chi connectivity index (χ3n) is 2.03. The van der Waals surface area contributed by atoms with E-state index in [2.05, 4.69) is 34.3 Å². The van der Waals surface area contributed by atoms with Gasteiger partial charge < -0.3 is 5.32 Å². The Hall–Kier alpha value is -0.480. The highest BCUT2D eigenvalue weighted by atomic mass is 32.2. The summed E-state index contributed by atoms with van der Waals surface area (Å²) in [5, 5.41) is 7.68. The third-order valence-corrected chi connectivity index (χ3v) is 2.64. The highest BCUT2D eigenvalue weighted by Crippen LogP contribution is 1.99. The summed E-state index contributed by atoms with van der Waals surface area (Å²) in [5.41, 5.74) is 1.29. The fourth-order valence-corrected chi connectivity index (χ4v) is 1.66. The van der Waals surface area contributed by atoms with Crippen LogP contribution in [0.25, 0.3) is 0 Å². The second-order valence-electron chi connectivity index (χ2n) is 3.22. The quantitative estimate of drug-likeness (QED) is 0.700. The van der Waals surface area contributed by atoms with Gasteiger partial charge in [-0.3, -0.25) is 4.68 Å². The maximum absolute atomic E-state index is 4.28. The van der Waals surface area contributed by atoms with E-state index in [1.165, 1.54) is 11.4 Å². The van der Waals surface area contributed by atoms with Crippen molar-refractivity contribution in [2.24, 2.45) is 0 Å². The van der Waals surface area contributed by atoms with Crippen LogP contribution in [0.5, 0.6) is 0 Å². The monoisotopic (exact) mass is 213 g/mol. The second kappa shape index (κ2) is 6.90. The lowest BCUT2D eigenvalue weighted by Gasteiger charge is -2.06. The number of hydrogen-bond donors (Lipinski definition) is 1. The van der Waals surface area contributed by atoms with Crippen LogP contribution in [-0.2, 0) is 13.1 Å². The molecule has 4 heteroatoms. The fraction of sp³-hybridized carbons (Fsp3) is 0.700. The van der Waals surface area contributed by atoms with E-state index in [1.54, 1.807) is 0 Å². The Balaban J connectivity index is 2.30. The van der Waals surface area contributed by atoms with Crippen LogP contribution in [0.2, 0.25) is 0 Å². The predicted molar refractivity (Wildman–Crippen MR) is 62.6 cm³/mol. The van der Waals surface area contributed by atoms with Gasteiger partial charge in [-0.05, 0) is 18.7 Å². The first-order valence-electron chi connectivity index (χ1n) is 5.08. The molecule has 0 saturated heterocycles. The lowest BCUT2D eigenvalue weighted by Crippen LogP contribution is -2.19. The highest BCUT2D eigenvalue weighted by Gasteiger charge is 1.99. The van der Waals surface area contributed by atoms with Gasteiger partial charge >= 0.3 is 0 Å². The number of hydrogen-bond acceptors (Lipinski definition) is 3. The van der Waals surface area contributed by atoms with Crippen molar-refractivity contribution in [3.05, 3.63) is 18.0 Å². The summed E-state index contributed by atoms with van der Waals surface area (Å²) in [6, 6.07) is 2.09. The lowest BCUT2D eigenvalue weighted by atomic mass is 10.4. The first-order chi connectivity index (χ1) is 6.88. The SMILES string of the molecule is CCCn1nccc1CNCCSC. The van der Waals surface area contributed by atoms with Crippen molar-refractivity contribution < 1.29 is 0 Å². The van der Waals surface area contributed by atoms with E-state index >= 15 is 0 Å². The number of rotatable bonds is 7. The standard InChI is InChI=1S/C10H19N3S/c1-3-7-13-10(4-5-12-13)9-11-6-8-14-2/h4-5,11H,3,6-9H2,1-2H3. The van der Waals surface area contributed by atoms with Crippen molar-refractivity contribution in [3.8, 4) is 0 Å². The van der Waals surface area contributed by atoms with Gasteiger partial charge in [0.2, 0.25) is 0 Å². The summed E-state index contributed by atoms with van der Waals surface area (Å²) in [7, 11) is 0. The molecule has 14 heavy (non-hydrogen) atoms. The Labute approximate surface area is 90.3 Å². The van der Waals surface area contributed by atoms with Crippen LogP contribution >= 0.6 is 11.8 Å². The van der Waals surface area contributed by atoms with Crippen LogP contribution in [0, 0.1) is 0 Å². The van der Waals surface area contributed by atoms with E-state index < -0.39 is 0 Å². The Kier molecular flexibility index (Phi) is 5.71. The van der Waals surface area contributed by atoms with Crippen molar-refractivity contribution in [3.63, 3.8) is 0 Å². The summed E-state index contributed by atoms with van der Waals surface area (Å²) in [5.74, 6) is 1.17. The van der Waals surface area contributed by atoms with Gasteiger partial charge in [0.15, 0.2) is 0 Å². The second-order valence-corrected chi connectivity index (χ2v) is 4.20. The van der Waals surface area contributed by atoms with Gasteiger partial charge in [-0.2, -0.15) is 16.9 Å². The first kappa shape index (κ1) is 11.6. The molecular formula is C10H19N3S. The summed E-state index contributed by atoms with van der Waals surface area (Å²) in [4.78, 5) is 0. The molecule has 0 saturated carbocycles. The smallest absolute Gasteiger partial charge is 0.0522 e. The Morgan fingerprint density at radius 2 is 2.43 bits per heavy atom. The van der Waals surface area contributed by atoms with Crippen LogP contribution in [0.3, 0.4) is 0 Å². The molecule has 0 spiro atoms. The minimum Gasteiger partial charge on any atom is -0.310 e. The van der Waals surface area contributed by atoms with Crippen LogP contribution in [0.1, 0.15) is 19.0 Å². The molecule has 0 aliphatic rings. The molecular weight excluding hydrogens is 194 g/mol. The van der Waals surface area contributed by atoms with Crippen LogP contribution in [-0.4, -0.2) is 28.3 Å². The van der Waals surface area contributed by atoms with Gasteiger partial charge in [0.1, 0.15) is 0 Å². The van der Waals surface area contributed by atoms with E-state index in [-0.39, 0.29) is 0 Å². The molecule has 0 aliphatic carbocycles. The Bertz CT molecular complexity index is 247. The van der Waals surface area contributed by atoms with Crippen molar-refractivity contribution in [2.75, 3.05) is 18.6 Å². The number of nitrogens with one attached hydrogen (secondary N) is 1. The molecule has 0 amide bonds. The van der Waals surface area contributed by atoms with E-state index in [4.69, 9.17) is 0 Å². The molecule has 1 rings (SSSR count). The van der Waals surface area contributed by atoms with Crippen molar-refractivity contribution >= 4 is 11.8 Å². The lowest BCUT2D eigenvalue weighted by molar-refractivity contribution is 0.555. The summed E-state index contributed by atoms with van der Waals surface area (Å²) in [6.45, 7) is 5.19. The molecule has 0 atom stereocenters. The zero-order valence-corrected chi connectivity index (χ0v) is 9.81. The maximum atomic E-state index is 4.28. The molecule has 0 radical (unpaired) electrons. The molecule has 0 aromatic carbocycles. The summed E-state index contributed by atoms with van der Waals surface area (Å²) in [6.07, 6.45) is 5.14. The molecule has 1 aromatic rings. The van der Waals surface area contributed by atoms with Crippen LogP contribution in [0.15, 0.2) is 12.3 Å². The summed E-state index contributed by atoms with van der Waals surface area (Å²) >= 11 is 1.87. The number of nitrogens with zero attached hydrogens (tertiary/aromatic N) is 2. The Morgan fingerprint density at radius 3 is 3.14 bits per heavy atom. The van der Waals surface area contributed by atoms with Crippen molar-refractivity contribution in [1.82, 2.24) is 15.1 Å². The average Bonchev–Trinajstić information content (AvgIpc) is 2.61. The molecule has 0 unspecified atom stereocenters. The van der Waals surface area contributed by atoms with E-state index in [0.29, 0.717) is 0 Å². The van der Waals surface area contributed by atoms with Gasteiger partial charge in [-0.1, -0.05) is 6.92 Å². The average molecular weight is 213 g/mol. The van der Waals surface area contributed by atoms with E-state index in [0.717, 1.165) is 26.1 Å². The van der Waals surface area contributed by atoms with Gasteiger partial charge in [0.25, 0.3) is 0 Å². The molecule has 1 N–H and O–H groups in total. The van der Waals surface area contributed by atoms with Gasteiger partial charge in [0, 0.05) is 31.6 Å². The largest absolute Gasteiger partial charge is 0.310 e. The fourth-order valence-electron chi connectivity index (χ4n) is 1.31. The van der Waals surface area contributed by atoms with E-state index in [1.807, 2.05) is 18.0 Å². The molecule has 1 heterocycles. The normalized spacial score (nSPS) is 10.7. The highest BCUT2D eigenvalue weighted by molar-refractivity contribution is 7.98. The maximum Gasteiger partial charge on any atom is 0.0522 e. The third kappa shape index (κ3) is 3.72. The minimum atomic E-state index is 0.931. The molecule has 0 fully saturated rings. The zero-order valence-electron chi connectivity index (χ0n) is 8.99. The number of aromatic nitrogens is 2. The number of aryl methyl sites for hydroxylation is 1. The van der Waals surface area contributed by atoms with Crippen LogP contribution < -0.4 is 5.32 Å². The molecule has 0 aliphatic heterocycles. The zero-order chi connectivity index (χ0) is 10.2. The molecule has 80 valence electrons. The van der Waals surface area contributed by atoms with Gasteiger partial charge in [0.05, 0.1) is 5.69 Å². The van der Waals surface area contributed by atoms with Crippen LogP contribution in [0.4, 0.5) is 0 Å². The molecule has 1 aromatic heterocycles. The summed E-state index contributed by atoms with van der Waals surface area (Å²) < 4.78 is 2.08. The molecule has 0 bridgehead atoms.